The average molecular weight is 852 g/mol. The van der Waals surface area contributed by atoms with E-state index < -0.39 is 78.3 Å². The van der Waals surface area contributed by atoms with Crippen LogP contribution in [0.2, 0.25) is 0 Å². The van der Waals surface area contributed by atoms with Gasteiger partial charge >= 0.3 is 6.03 Å². The van der Waals surface area contributed by atoms with Gasteiger partial charge in [0.2, 0.25) is 17.9 Å². The number of aliphatic hydroxyl groups excluding tert-OH is 1. The van der Waals surface area contributed by atoms with E-state index >= 15 is 9.59 Å². The van der Waals surface area contributed by atoms with Crippen LogP contribution >= 0.6 is 24.8 Å². The minimum absolute atomic E-state index is 0. The highest BCUT2D eigenvalue weighted by Gasteiger charge is 2.46. The number of rotatable bonds is 19. The number of urea groups is 1. The van der Waals surface area contributed by atoms with Gasteiger partial charge in [-0.3, -0.25) is 24.1 Å². The first-order valence-electron chi connectivity index (χ1n) is 19.6. The Hall–Kier alpha value is -4.22. The number of aromatic nitrogens is 2. The van der Waals surface area contributed by atoms with Crippen molar-refractivity contribution in [1.82, 2.24) is 25.1 Å². The second-order valence-electron chi connectivity index (χ2n) is 15.1. The number of likely N-dealkylation sites (tertiary alicyclic amines) is 1. The van der Waals surface area contributed by atoms with Crippen LogP contribution < -0.4 is 28.3 Å². The molecule has 2 heterocycles. The number of aliphatic imine (C=N–C) groups is 1. The molecule has 322 valence electrons. The molecule has 58 heavy (non-hydrogen) atoms. The van der Waals surface area contributed by atoms with Gasteiger partial charge in [-0.2, -0.15) is 4.99 Å². The first-order valence-corrected chi connectivity index (χ1v) is 19.6. The number of isocyanates is 1. The molecule has 1 aliphatic heterocycles. The molecule has 1 saturated heterocycles. The largest absolute Gasteiger partial charge is 0.393 e. The lowest BCUT2D eigenvalue weighted by Crippen LogP contribution is -2.64. The second-order valence-corrected chi connectivity index (χ2v) is 15.1. The van der Waals surface area contributed by atoms with Crippen LogP contribution in [0, 0.1) is 11.8 Å². The molecule has 8 atom stereocenters. The number of hydrogen-bond acceptors (Lipinski definition) is 12. The van der Waals surface area contributed by atoms with Crippen molar-refractivity contribution in [3.05, 3.63) is 54.1 Å². The molecule has 11 N–H and O–H groups in total. The highest BCUT2D eigenvalue weighted by atomic mass is 35.5. The fourth-order valence-electron chi connectivity index (χ4n) is 7.88. The summed E-state index contributed by atoms with van der Waals surface area (Å²) < 4.78 is 0. The highest BCUT2D eigenvalue weighted by molar-refractivity contribution is 6.05. The number of hydrogen-bond donors (Lipinski definition) is 7. The lowest BCUT2D eigenvalue weighted by atomic mass is 9.79. The standard InChI is InChI=1S/C39H58N10O7.2ClH/c1-2-28(51)18-34(52)49(38(55)31(17-27-21-44-22-45-27)47-37(54)30(46-23-50)15-24-9-5-3-6-10-24)33(19-29(41)35(42)26-11-7-4-8-12-26)36(53)32-16-25(20-40)13-14-48(32)39(43)56;;/h3,5-6,9-10,21-22,25-26,28-33,35,51H,2,4,7-8,11-20,40-42H2,1H3,(H2,43,56)(H,44,45)(H,47,54);2*1H/t25?,28-,29-,30-,31-,32?,33-,35?;;/m0../s1. The number of aromatic amines is 1. The van der Waals surface area contributed by atoms with E-state index in [0.29, 0.717) is 17.7 Å². The van der Waals surface area contributed by atoms with E-state index in [2.05, 4.69) is 20.3 Å². The maximum Gasteiger partial charge on any atom is 0.315 e. The number of ketones is 1. The normalized spacial score (nSPS) is 20.0. The van der Waals surface area contributed by atoms with Gasteiger partial charge in [-0.05, 0) is 62.5 Å². The molecule has 2 fully saturated rings. The molecule has 0 spiro atoms. The number of primary amides is 1. The molecule has 1 saturated carbocycles. The van der Waals surface area contributed by atoms with Crippen LogP contribution in [0.3, 0.4) is 0 Å². The number of H-pyrrole nitrogens is 1. The van der Waals surface area contributed by atoms with Crippen LogP contribution in [-0.2, 0) is 36.8 Å². The van der Waals surface area contributed by atoms with Crippen molar-refractivity contribution < 1.29 is 33.9 Å². The lowest BCUT2D eigenvalue weighted by molar-refractivity contribution is -0.156. The third-order valence-electron chi connectivity index (χ3n) is 11.2. The van der Waals surface area contributed by atoms with Gasteiger partial charge in [0.25, 0.3) is 5.91 Å². The maximum absolute atomic E-state index is 15.1. The number of benzene rings is 1. The monoisotopic (exact) mass is 850 g/mol. The summed E-state index contributed by atoms with van der Waals surface area (Å²) in [6.45, 7) is 2.01. The Morgan fingerprint density at radius 3 is 2.34 bits per heavy atom. The quantitative estimate of drug-likeness (QED) is 0.0784. The molecule has 0 bridgehead atoms. The molecule has 1 aromatic carbocycles. The molecule has 4 rings (SSSR count). The molecule has 5 amide bonds. The average Bonchev–Trinajstić information content (AvgIpc) is 3.73. The summed E-state index contributed by atoms with van der Waals surface area (Å²) >= 11 is 0. The SMILES string of the molecule is CC[C@H](O)CC(=O)N(C(=O)[C@H](Cc1c[nH]cn1)NC(=O)[C@H](Cc1ccccc1)N=C=O)[C@@H](C[C@H](N)C(N)C1CCCCC1)C(=O)C1CC(CN)CCN1C(N)=O.Cl.Cl. The van der Waals surface area contributed by atoms with Crippen LogP contribution in [0.4, 0.5) is 4.79 Å². The summed E-state index contributed by atoms with van der Waals surface area (Å²) in [5.74, 6) is -3.49. The number of Topliss-reactive ketones (excluding diaryl/α,β-unsaturated/α-hetero) is 1. The number of carbonyl (C=O) groups excluding carboxylic acids is 6. The van der Waals surface area contributed by atoms with Crippen molar-refractivity contribution in [3.63, 3.8) is 0 Å². The van der Waals surface area contributed by atoms with E-state index in [-0.39, 0.29) is 81.8 Å². The Bertz CT molecular complexity index is 1660. The van der Waals surface area contributed by atoms with Crippen molar-refractivity contribution in [2.45, 2.75) is 126 Å². The van der Waals surface area contributed by atoms with Crippen molar-refractivity contribution in [3.8, 4) is 0 Å². The third-order valence-corrected chi connectivity index (χ3v) is 11.2. The zero-order valence-corrected chi connectivity index (χ0v) is 34.6. The van der Waals surface area contributed by atoms with Gasteiger partial charge in [-0.25, -0.2) is 14.6 Å². The molecule has 0 radical (unpaired) electrons. The fourth-order valence-corrected chi connectivity index (χ4v) is 7.88. The Labute approximate surface area is 351 Å². The van der Waals surface area contributed by atoms with Crippen molar-refractivity contribution in [2.75, 3.05) is 13.1 Å². The van der Waals surface area contributed by atoms with Crippen molar-refractivity contribution in [2.24, 2.45) is 39.8 Å². The van der Waals surface area contributed by atoms with E-state index in [9.17, 15) is 24.3 Å². The molecule has 1 aromatic heterocycles. The summed E-state index contributed by atoms with van der Waals surface area (Å²) in [5, 5.41) is 13.4. The summed E-state index contributed by atoms with van der Waals surface area (Å²) in [6, 6.07) is 0.929. The Kier molecular flexibility index (Phi) is 21.2. The first kappa shape index (κ1) is 49.9. The molecule has 3 unspecified atom stereocenters. The number of halogens is 2. The summed E-state index contributed by atoms with van der Waals surface area (Å²) in [7, 11) is 0. The predicted octanol–water partition coefficient (Wildman–Crippen LogP) is 1.42. The second kappa shape index (κ2) is 24.6. The number of amides is 5. The van der Waals surface area contributed by atoms with E-state index in [1.54, 1.807) is 37.3 Å². The maximum atomic E-state index is 15.1. The number of aliphatic hydroxyl groups is 1. The Balaban J connectivity index is 0.00000580. The van der Waals surface area contributed by atoms with Gasteiger partial charge in [0, 0.05) is 37.7 Å². The number of nitrogens with two attached hydrogens (primary N) is 4. The topological polar surface area (TPSA) is 286 Å². The van der Waals surface area contributed by atoms with E-state index in [4.69, 9.17) is 22.9 Å². The highest BCUT2D eigenvalue weighted by Crippen LogP contribution is 2.30. The zero-order valence-electron chi connectivity index (χ0n) is 32.9. The van der Waals surface area contributed by atoms with Gasteiger partial charge < -0.3 is 43.2 Å². The molecular formula is C39H60Cl2N10O7. The Morgan fingerprint density at radius 2 is 1.76 bits per heavy atom. The van der Waals surface area contributed by atoms with Crippen LogP contribution in [0.5, 0.6) is 0 Å². The van der Waals surface area contributed by atoms with Crippen LogP contribution in [0.1, 0.15) is 82.4 Å². The number of carbonyl (C=O) groups is 5. The molecule has 2 aliphatic rings. The zero-order chi connectivity index (χ0) is 40.8. The van der Waals surface area contributed by atoms with E-state index in [1.807, 2.05) is 0 Å². The number of imidazole rings is 1. The molecule has 17 nitrogen and oxygen atoms in total. The van der Waals surface area contributed by atoms with Crippen molar-refractivity contribution in [1.29, 1.82) is 0 Å². The molecule has 1 aliphatic carbocycles. The fraction of sp³-hybridized carbons (Fsp3) is 0.615. The minimum atomic E-state index is -1.58. The number of nitrogens with one attached hydrogen (secondary N) is 2. The summed E-state index contributed by atoms with van der Waals surface area (Å²) in [6.07, 6.45) is 7.55. The molecule has 19 heteroatoms. The molecule has 2 aromatic rings. The minimum Gasteiger partial charge on any atom is -0.393 e. The summed E-state index contributed by atoms with van der Waals surface area (Å²) in [5.41, 5.74) is 26.4. The van der Waals surface area contributed by atoms with Gasteiger partial charge in [0.15, 0.2) is 5.78 Å². The van der Waals surface area contributed by atoms with Gasteiger partial charge in [-0.15, -0.1) is 24.8 Å². The smallest absolute Gasteiger partial charge is 0.315 e. The van der Waals surface area contributed by atoms with Crippen LogP contribution in [0.15, 0.2) is 47.8 Å². The third kappa shape index (κ3) is 13.7. The van der Waals surface area contributed by atoms with Crippen LogP contribution in [0.25, 0.3) is 0 Å². The van der Waals surface area contributed by atoms with Gasteiger partial charge in [0.05, 0.1) is 30.6 Å². The number of piperidine rings is 1. The summed E-state index contributed by atoms with van der Waals surface area (Å²) in [4.78, 5) is 95.4. The van der Waals surface area contributed by atoms with Gasteiger partial charge in [0.1, 0.15) is 18.1 Å². The predicted molar refractivity (Wildman–Crippen MR) is 221 cm³/mol. The van der Waals surface area contributed by atoms with Crippen molar-refractivity contribution >= 4 is 60.4 Å². The first-order chi connectivity index (χ1) is 26.9. The number of imide groups is 1. The lowest BCUT2D eigenvalue weighted by Gasteiger charge is -2.42. The Morgan fingerprint density at radius 1 is 1.07 bits per heavy atom. The van der Waals surface area contributed by atoms with Crippen LogP contribution in [-0.4, -0.2) is 116 Å². The van der Waals surface area contributed by atoms with E-state index in [0.717, 1.165) is 37.0 Å². The molecular weight excluding hydrogens is 791 g/mol. The van der Waals surface area contributed by atoms with E-state index in [1.165, 1.54) is 23.5 Å². The van der Waals surface area contributed by atoms with Gasteiger partial charge in [-0.1, -0.05) is 56.5 Å². The number of nitrogens with zero attached hydrogens (tertiary/aromatic N) is 4.